The smallest absolute Gasteiger partial charge is 0.305 e. The molecule has 0 heterocycles. The Morgan fingerprint density at radius 2 is 0.723 bits per heavy atom. The fourth-order valence-corrected chi connectivity index (χ4v) is 9.28. The molecule has 0 radical (unpaired) electrons. The Hall–Kier alpha value is -1.40. The van der Waals surface area contributed by atoms with E-state index in [4.69, 9.17) is 4.74 Å². The molecule has 0 aromatic carbocycles. The van der Waals surface area contributed by atoms with Crippen LogP contribution in [0.2, 0.25) is 0 Å². The topological polar surface area (TPSA) is 95.9 Å². The molecule has 0 aliphatic heterocycles. The number of ether oxygens (including phenoxy) is 1. The van der Waals surface area contributed by atoms with Crippen LogP contribution in [-0.2, 0) is 14.3 Å². The van der Waals surface area contributed by atoms with Crippen LogP contribution >= 0.6 is 0 Å². The van der Waals surface area contributed by atoms with Gasteiger partial charge in [-0.15, -0.1) is 0 Å². The van der Waals surface area contributed by atoms with Crippen molar-refractivity contribution >= 4 is 11.9 Å². The van der Waals surface area contributed by atoms with E-state index in [1.54, 1.807) is 0 Å². The van der Waals surface area contributed by atoms with Crippen LogP contribution < -0.4 is 5.32 Å². The summed E-state index contributed by atoms with van der Waals surface area (Å²) in [6, 6.07) is -0.548. The highest BCUT2D eigenvalue weighted by molar-refractivity contribution is 5.76. The molecular formula is C59H115NO5. The van der Waals surface area contributed by atoms with Crippen molar-refractivity contribution in [2.45, 2.75) is 341 Å². The van der Waals surface area contributed by atoms with Gasteiger partial charge in [0, 0.05) is 12.8 Å². The third-order valence-electron chi connectivity index (χ3n) is 13.8. The van der Waals surface area contributed by atoms with E-state index in [0.29, 0.717) is 25.9 Å². The van der Waals surface area contributed by atoms with Crippen LogP contribution in [0.25, 0.3) is 0 Å². The van der Waals surface area contributed by atoms with Crippen molar-refractivity contribution < 1.29 is 24.5 Å². The average molecular weight is 919 g/mol. The number of esters is 1. The molecule has 0 rings (SSSR count). The average Bonchev–Trinajstić information content (AvgIpc) is 3.31. The highest BCUT2D eigenvalue weighted by atomic mass is 16.5. The molecule has 2 unspecified atom stereocenters. The summed E-state index contributed by atoms with van der Waals surface area (Å²) in [5.41, 5.74) is 0. The minimum Gasteiger partial charge on any atom is -0.466 e. The molecule has 0 saturated heterocycles. The molecule has 1 amide bonds. The molecule has 0 aromatic heterocycles. The third kappa shape index (κ3) is 51.8. The maximum atomic E-state index is 12.5. The SMILES string of the molecule is CCCCCC/C=C\CCCCCCCC(=O)OCCCCCCCCCCCCCCCCCC(=O)NC(CO)C(O)CCCCCCCCCCCCCCCCCCCCCC. The molecule has 0 bridgehead atoms. The van der Waals surface area contributed by atoms with Gasteiger partial charge in [0.05, 0.1) is 25.4 Å². The highest BCUT2D eigenvalue weighted by Gasteiger charge is 2.20. The zero-order chi connectivity index (χ0) is 47.2. The lowest BCUT2D eigenvalue weighted by Gasteiger charge is -2.22. The minimum absolute atomic E-state index is 0.00767. The summed E-state index contributed by atoms with van der Waals surface area (Å²) in [4.78, 5) is 24.5. The van der Waals surface area contributed by atoms with E-state index in [0.717, 1.165) is 51.4 Å². The van der Waals surface area contributed by atoms with E-state index in [2.05, 4.69) is 31.3 Å². The number of aliphatic hydroxyl groups is 2. The number of carbonyl (C=O) groups excluding carboxylic acids is 2. The second kappa shape index (κ2) is 55.2. The normalized spacial score (nSPS) is 12.6. The van der Waals surface area contributed by atoms with Gasteiger partial charge >= 0.3 is 5.97 Å². The first kappa shape index (κ1) is 63.6. The Morgan fingerprint density at radius 3 is 1.11 bits per heavy atom. The maximum absolute atomic E-state index is 12.5. The van der Waals surface area contributed by atoms with Gasteiger partial charge in [0.25, 0.3) is 0 Å². The number of nitrogens with one attached hydrogen (secondary N) is 1. The molecule has 0 aliphatic carbocycles. The number of allylic oxidation sites excluding steroid dienone is 2. The van der Waals surface area contributed by atoms with E-state index in [1.807, 2.05) is 0 Å². The molecule has 65 heavy (non-hydrogen) atoms. The Balaban J connectivity index is 3.43. The summed E-state index contributed by atoms with van der Waals surface area (Å²) in [5.74, 6) is -0.0481. The fraction of sp³-hybridized carbons (Fsp3) is 0.932. The molecule has 3 N–H and O–H groups in total. The summed E-state index contributed by atoms with van der Waals surface area (Å²) < 4.78 is 5.46. The number of aliphatic hydroxyl groups excluding tert-OH is 2. The van der Waals surface area contributed by atoms with Gasteiger partial charge in [-0.25, -0.2) is 0 Å². The lowest BCUT2D eigenvalue weighted by atomic mass is 10.0. The molecule has 386 valence electrons. The van der Waals surface area contributed by atoms with Gasteiger partial charge in [-0.05, 0) is 51.4 Å². The standard InChI is InChI=1S/C59H115NO5/c1-3-5-7-9-11-13-15-17-18-19-20-21-22-24-28-31-35-39-43-47-51-57(62)56(55-61)60-58(63)52-48-44-40-36-32-29-25-23-26-30-34-38-42-46-50-54-65-59(64)53-49-45-41-37-33-27-16-14-12-10-8-6-4-2/h14,16,56-57,61-62H,3-13,15,17-55H2,1-2H3,(H,60,63)/b16-14-. The number of hydrogen-bond acceptors (Lipinski definition) is 5. The van der Waals surface area contributed by atoms with Crippen LogP contribution in [-0.4, -0.2) is 47.4 Å². The third-order valence-corrected chi connectivity index (χ3v) is 13.8. The second-order valence-electron chi connectivity index (χ2n) is 20.3. The first-order valence-electron chi connectivity index (χ1n) is 29.4. The summed E-state index contributed by atoms with van der Waals surface area (Å²) in [5, 5.41) is 23.3. The molecule has 0 saturated carbocycles. The lowest BCUT2D eigenvalue weighted by Crippen LogP contribution is -2.45. The van der Waals surface area contributed by atoms with Crippen molar-refractivity contribution in [3.8, 4) is 0 Å². The Kier molecular flexibility index (Phi) is 54.0. The Bertz CT molecular complexity index is 970. The van der Waals surface area contributed by atoms with Gasteiger partial charge in [-0.3, -0.25) is 9.59 Å². The van der Waals surface area contributed by atoms with E-state index >= 15 is 0 Å². The van der Waals surface area contributed by atoms with Gasteiger partial charge in [-0.1, -0.05) is 276 Å². The molecule has 0 spiro atoms. The number of carbonyl (C=O) groups is 2. The molecule has 0 aromatic rings. The number of rotatable bonds is 55. The number of unbranched alkanes of at least 4 members (excludes halogenated alkanes) is 42. The van der Waals surface area contributed by atoms with E-state index in [1.165, 1.54) is 244 Å². The van der Waals surface area contributed by atoms with Gasteiger partial charge in [0.1, 0.15) is 0 Å². The summed E-state index contributed by atoms with van der Waals surface area (Å²) in [6.07, 6.45) is 64.8. The van der Waals surface area contributed by atoms with Gasteiger partial charge < -0.3 is 20.3 Å². The van der Waals surface area contributed by atoms with Crippen LogP contribution in [0.5, 0.6) is 0 Å². The van der Waals surface area contributed by atoms with E-state index < -0.39 is 12.1 Å². The predicted octanol–water partition coefficient (Wildman–Crippen LogP) is 18.1. The molecule has 6 heteroatoms. The van der Waals surface area contributed by atoms with Gasteiger partial charge in [0.15, 0.2) is 0 Å². The van der Waals surface area contributed by atoms with Crippen LogP contribution in [0.4, 0.5) is 0 Å². The van der Waals surface area contributed by atoms with Crippen LogP contribution in [0.15, 0.2) is 12.2 Å². The molecule has 6 nitrogen and oxygen atoms in total. The minimum atomic E-state index is -0.670. The molecular weight excluding hydrogens is 803 g/mol. The first-order chi connectivity index (χ1) is 32.0. The number of hydrogen-bond donors (Lipinski definition) is 3. The molecule has 0 fully saturated rings. The van der Waals surface area contributed by atoms with E-state index in [9.17, 15) is 19.8 Å². The second-order valence-corrected chi connectivity index (χ2v) is 20.3. The maximum Gasteiger partial charge on any atom is 0.305 e. The summed E-state index contributed by atoms with van der Waals surface area (Å²) in [7, 11) is 0. The summed E-state index contributed by atoms with van der Waals surface area (Å²) >= 11 is 0. The van der Waals surface area contributed by atoms with E-state index in [-0.39, 0.29) is 18.5 Å². The monoisotopic (exact) mass is 918 g/mol. The lowest BCUT2D eigenvalue weighted by molar-refractivity contribution is -0.143. The van der Waals surface area contributed by atoms with Crippen molar-refractivity contribution in [1.29, 1.82) is 0 Å². The fourth-order valence-electron chi connectivity index (χ4n) is 9.28. The largest absolute Gasteiger partial charge is 0.466 e. The summed E-state index contributed by atoms with van der Waals surface area (Å²) in [6.45, 7) is 4.94. The van der Waals surface area contributed by atoms with Crippen LogP contribution in [0.3, 0.4) is 0 Å². The van der Waals surface area contributed by atoms with Crippen molar-refractivity contribution in [1.82, 2.24) is 5.32 Å². The van der Waals surface area contributed by atoms with Crippen LogP contribution in [0, 0.1) is 0 Å². The van der Waals surface area contributed by atoms with Crippen molar-refractivity contribution in [3.05, 3.63) is 12.2 Å². The van der Waals surface area contributed by atoms with Crippen molar-refractivity contribution in [3.63, 3.8) is 0 Å². The van der Waals surface area contributed by atoms with Crippen molar-refractivity contribution in [2.75, 3.05) is 13.2 Å². The zero-order valence-electron chi connectivity index (χ0n) is 44.0. The van der Waals surface area contributed by atoms with Gasteiger partial charge in [0.2, 0.25) is 5.91 Å². The van der Waals surface area contributed by atoms with Crippen LogP contribution in [0.1, 0.15) is 328 Å². The zero-order valence-corrected chi connectivity index (χ0v) is 44.0. The predicted molar refractivity (Wildman–Crippen MR) is 283 cm³/mol. The van der Waals surface area contributed by atoms with Gasteiger partial charge in [-0.2, -0.15) is 0 Å². The number of amides is 1. The first-order valence-corrected chi connectivity index (χ1v) is 29.4. The Morgan fingerprint density at radius 1 is 0.415 bits per heavy atom. The molecule has 0 aliphatic rings. The quantitative estimate of drug-likeness (QED) is 0.0321. The Labute approximate surface area is 406 Å². The molecule has 2 atom stereocenters. The highest BCUT2D eigenvalue weighted by Crippen LogP contribution is 2.18. The van der Waals surface area contributed by atoms with Crippen molar-refractivity contribution in [2.24, 2.45) is 0 Å².